The number of nitro benzene ring substituents is 1. The molecule has 0 bridgehead atoms. The molecule has 98 valence electrons. The Bertz CT molecular complexity index is 630. The fraction of sp³-hybridized carbons (Fsp3) is 0.167. The molecule has 0 atom stereocenters. The second-order valence-corrected chi connectivity index (χ2v) is 3.76. The summed E-state index contributed by atoms with van der Waals surface area (Å²) in [6, 6.07) is 5.56. The average Bonchev–Trinajstić information content (AvgIpc) is 2.83. The molecule has 0 aliphatic rings. The molecule has 19 heavy (non-hydrogen) atoms. The van der Waals surface area contributed by atoms with Crippen LogP contribution in [0.5, 0.6) is 0 Å². The Kier molecular flexibility index (Phi) is 3.28. The predicted molar refractivity (Wildman–Crippen MR) is 64.9 cm³/mol. The lowest BCUT2D eigenvalue weighted by Crippen LogP contribution is -1.98. The molecule has 1 N–H and O–H groups in total. The molecule has 0 unspecified atom stereocenters. The maximum absolute atomic E-state index is 10.9. The van der Waals surface area contributed by atoms with Crippen LogP contribution < -0.4 is 0 Å². The summed E-state index contributed by atoms with van der Waals surface area (Å²) in [7, 11) is 0. The van der Waals surface area contributed by atoms with Crippen molar-refractivity contribution < 1.29 is 19.2 Å². The van der Waals surface area contributed by atoms with Gasteiger partial charge in [-0.3, -0.25) is 10.1 Å². The third kappa shape index (κ3) is 2.44. The van der Waals surface area contributed by atoms with Gasteiger partial charge in [0.05, 0.1) is 10.6 Å². The molecule has 0 saturated heterocycles. The van der Waals surface area contributed by atoms with E-state index in [1.165, 1.54) is 24.3 Å². The molecule has 0 radical (unpaired) electrons. The highest BCUT2D eigenvalue weighted by atomic mass is 16.6. The van der Waals surface area contributed by atoms with Gasteiger partial charge in [0.15, 0.2) is 0 Å². The van der Waals surface area contributed by atoms with Crippen LogP contribution in [-0.2, 0) is 6.42 Å². The van der Waals surface area contributed by atoms with Crippen molar-refractivity contribution in [1.29, 1.82) is 0 Å². The second kappa shape index (κ2) is 4.89. The van der Waals surface area contributed by atoms with Gasteiger partial charge in [-0.1, -0.05) is 6.92 Å². The van der Waals surface area contributed by atoms with Gasteiger partial charge in [-0.15, -0.1) is 0 Å². The highest BCUT2D eigenvalue weighted by molar-refractivity contribution is 5.86. The van der Waals surface area contributed by atoms with Crippen LogP contribution >= 0.6 is 0 Å². The van der Waals surface area contributed by atoms with Crippen molar-refractivity contribution in [1.82, 2.24) is 4.98 Å². The fourth-order valence-corrected chi connectivity index (χ4v) is 1.61. The summed E-state index contributed by atoms with van der Waals surface area (Å²) in [6.07, 6.45) is 0.429. The fourth-order valence-electron chi connectivity index (χ4n) is 1.61. The van der Waals surface area contributed by atoms with E-state index in [0.29, 0.717) is 17.7 Å². The molecule has 0 saturated carbocycles. The largest absolute Gasteiger partial charge is 0.475 e. The van der Waals surface area contributed by atoms with Crippen molar-refractivity contribution in [2.75, 3.05) is 0 Å². The van der Waals surface area contributed by atoms with E-state index in [1.54, 1.807) is 6.92 Å². The number of benzene rings is 1. The van der Waals surface area contributed by atoms with Crippen LogP contribution in [-0.4, -0.2) is 21.0 Å². The van der Waals surface area contributed by atoms with Crippen molar-refractivity contribution in [2.45, 2.75) is 13.3 Å². The minimum Gasteiger partial charge on any atom is -0.475 e. The summed E-state index contributed by atoms with van der Waals surface area (Å²) in [5, 5.41) is 19.5. The van der Waals surface area contributed by atoms with E-state index in [2.05, 4.69) is 4.98 Å². The number of aromatic carboxylic acids is 1. The molecule has 0 spiro atoms. The first kappa shape index (κ1) is 12.7. The van der Waals surface area contributed by atoms with Crippen LogP contribution in [0, 0.1) is 10.1 Å². The van der Waals surface area contributed by atoms with Crippen LogP contribution in [0.25, 0.3) is 11.5 Å². The average molecular weight is 262 g/mol. The number of oxazole rings is 1. The van der Waals surface area contributed by atoms with E-state index < -0.39 is 10.9 Å². The van der Waals surface area contributed by atoms with Gasteiger partial charge in [0.25, 0.3) is 5.69 Å². The molecule has 7 nitrogen and oxygen atoms in total. The highest BCUT2D eigenvalue weighted by Crippen LogP contribution is 2.24. The number of rotatable bonds is 4. The Labute approximate surface area is 107 Å². The zero-order valence-corrected chi connectivity index (χ0v) is 9.99. The lowest BCUT2D eigenvalue weighted by Gasteiger charge is -1.94. The van der Waals surface area contributed by atoms with Crippen molar-refractivity contribution in [3.05, 3.63) is 45.8 Å². The Morgan fingerprint density at radius 2 is 2.05 bits per heavy atom. The van der Waals surface area contributed by atoms with Gasteiger partial charge < -0.3 is 9.52 Å². The van der Waals surface area contributed by atoms with Crippen molar-refractivity contribution in [3.63, 3.8) is 0 Å². The Morgan fingerprint density at radius 3 is 2.47 bits per heavy atom. The molecule has 0 fully saturated rings. The van der Waals surface area contributed by atoms with Gasteiger partial charge >= 0.3 is 5.97 Å². The number of non-ortho nitro benzene ring substituents is 1. The number of nitrogens with zero attached hydrogens (tertiary/aromatic N) is 2. The summed E-state index contributed by atoms with van der Waals surface area (Å²) in [6.45, 7) is 1.77. The van der Waals surface area contributed by atoms with E-state index >= 15 is 0 Å². The third-order valence-electron chi connectivity index (χ3n) is 2.55. The number of aromatic nitrogens is 1. The van der Waals surface area contributed by atoms with Gasteiger partial charge in [-0.05, 0) is 18.6 Å². The van der Waals surface area contributed by atoms with Crippen LogP contribution in [0.15, 0.2) is 28.7 Å². The van der Waals surface area contributed by atoms with Gasteiger partial charge in [0.2, 0.25) is 11.7 Å². The maximum Gasteiger partial charge on any atom is 0.373 e. The van der Waals surface area contributed by atoms with Gasteiger partial charge in [0.1, 0.15) is 0 Å². The molecule has 1 aromatic heterocycles. The summed E-state index contributed by atoms with van der Waals surface area (Å²) in [5.74, 6) is -1.24. The number of carboxylic acid groups (broad SMARTS) is 1. The molecule has 7 heteroatoms. The van der Waals surface area contributed by atoms with Crippen LogP contribution in [0.4, 0.5) is 5.69 Å². The standard InChI is InChI=1S/C12H10N2O5/c1-2-9-10(12(15)16)19-11(13-9)7-3-5-8(6-4-7)14(17)18/h3-6H,2H2,1H3,(H,15,16). The Hall–Kier alpha value is -2.70. The molecule has 0 aliphatic heterocycles. The monoisotopic (exact) mass is 262 g/mol. The SMILES string of the molecule is CCc1nc(-c2ccc([N+](=O)[O-])cc2)oc1C(=O)O. The van der Waals surface area contributed by atoms with E-state index in [-0.39, 0.29) is 17.3 Å². The van der Waals surface area contributed by atoms with Crippen LogP contribution in [0.3, 0.4) is 0 Å². The minimum atomic E-state index is -1.18. The summed E-state index contributed by atoms with van der Waals surface area (Å²) < 4.78 is 5.17. The molecule has 0 amide bonds. The first-order valence-corrected chi connectivity index (χ1v) is 5.50. The predicted octanol–water partition coefficient (Wildman–Crippen LogP) is 2.51. The zero-order valence-electron chi connectivity index (χ0n) is 9.99. The number of nitro groups is 1. The molecular weight excluding hydrogens is 252 g/mol. The lowest BCUT2D eigenvalue weighted by atomic mass is 10.2. The van der Waals surface area contributed by atoms with Gasteiger partial charge in [-0.25, -0.2) is 9.78 Å². The lowest BCUT2D eigenvalue weighted by molar-refractivity contribution is -0.384. The first-order valence-electron chi connectivity index (χ1n) is 5.50. The molecular formula is C12H10N2O5. The second-order valence-electron chi connectivity index (χ2n) is 3.76. The zero-order chi connectivity index (χ0) is 14.0. The van der Waals surface area contributed by atoms with E-state index in [9.17, 15) is 14.9 Å². The normalized spacial score (nSPS) is 10.4. The smallest absolute Gasteiger partial charge is 0.373 e. The number of aryl methyl sites for hydroxylation is 1. The molecule has 0 aliphatic carbocycles. The number of carbonyl (C=O) groups is 1. The topological polar surface area (TPSA) is 106 Å². The summed E-state index contributed by atoms with van der Waals surface area (Å²) >= 11 is 0. The Balaban J connectivity index is 2.41. The maximum atomic E-state index is 10.9. The van der Waals surface area contributed by atoms with E-state index in [4.69, 9.17) is 9.52 Å². The minimum absolute atomic E-state index is 0.0514. The molecule has 1 heterocycles. The highest BCUT2D eigenvalue weighted by Gasteiger charge is 2.19. The van der Waals surface area contributed by atoms with E-state index in [0.717, 1.165) is 0 Å². The van der Waals surface area contributed by atoms with Gasteiger partial charge in [-0.2, -0.15) is 0 Å². The van der Waals surface area contributed by atoms with Crippen molar-refractivity contribution in [3.8, 4) is 11.5 Å². The summed E-state index contributed by atoms with van der Waals surface area (Å²) in [5.41, 5.74) is 0.790. The molecule has 1 aromatic carbocycles. The third-order valence-corrected chi connectivity index (χ3v) is 2.55. The number of carboxylic acids is 1. The molecule has 2 rings (SSSR count). The number of hydrogen-bond donors (Lipinski definition) is 1. The first-order chi connectivity index (χ1) is 9.02. The van der Waals surface area contributed by atoms with Gasteiger partial charge in [0, 0.05) is 17.7 Å². The van der Waals surface area contributed by atoms with Crippen LogP contribution in [0.2, 0.25) is 0 Å². The van der Waals surface area contributed by atoms with Crippen molar-refractivity contribution >= 4 is 11.7 Å². The van der Waals surface area contributed by atoms with Crippen LogP contribution in [0.1, 0.15) is 23.2 Å². The van der Waals surface area contributed by atoms with E-state index in [1.807, 2.05) is 0 Å². The number of hydrogen-bond acceptors (Lipinski definition) is 5. The van der Waals surface area contributed by atoms with Crippen molar-refractivity contribution in [2.24, 2.45) is 0 Å². The molecule has 2 aromatic rings. The Morgan fingerprint density at radius 1 is 1.42 bits per heavy atom. The quantitative estimate of drug-likeness (QED) is 0.670. The summed E-state index contributed by atoms with van der Waals surface area (Å²) in [4.78, 5) is 25.0.